The normalized spacial score (nSPS) is 16.4. The Morgan fingerprint density at radius 3 is 1.88 bits per heavy atom. The molecule has 1 aliphatic heterocycles. The lowest BCUT2D eigenvalue weighted by atomic mass is 9.79. The standard InChI is InChI=1S/C14H24N2O/c1-13(2,3)10-11(14(4,5)6)15-8-7-9-16(15)12(10)17/h7-9H2,1-6H3. The summed E-state index contributed by atoms with van der Waals surface area (Å²) in [7, 11) is 0. The topological polar surface area (TPSA) is 26.9 Å². The van der Waals surface area contributed by atoms with Gasteiger partial charge in [0.15, 0.2) is 0 Å². The van der Waals surface area contributed by atoms with Crippen LogP contribution in [0.5, 0.6) is 0 Å². The Balaban J connectivity index is 2.80. The summed E-state index contributed by atoms with van der Waals surface area (Å²) in [5.74, 6) is 0. The van der Waals surface area contributed by atoms with Crippen molar-refractivity contribution in [2.24, 2.45) is 0 Å². The first-order valence-corrected chi connectivity index (χ1v) is 6.48. The van der Waals surface area contributed by atoms with Crippen LogP contribution in [0.3, 0.4) is 0 Å². The van der Waals surface area contributed by atoms with E-state index in [0.29, 0.717) is 0 Å². The van der Waals surface area contributed by atoms with Gasteiger partial charge in [0.05, 0.1) is 0 Å². The van der Waals surface area contributed by atoms with Crippen LogP contribution in [-0.4, -0.2) is 9.36 Å². The lowest BCUT2D eigenvalue weighted by Gasteiger charge is -2.27. The predicted octanol–water partition coefficient (Wildman–Crippen LogP) is 2.65. The summed E-state index contributed by atoms with van der Waals surface area (Å²) >= 11 is 0. The highest BCUT2D eigenvalue weighted by atomic mass is 16.1. The Hall–Kier alpha value is -0.990. The molecule has 0 aliphatic carbocycles. The van der Waals surface area contributed by atoms with Gasteiger partial charge in [-0.3, -0.25) is 14.2 Å². The first-order valence-electron chi connectivity index (χ1n) is 6.48. The van der Waals surface area contributed by atoms with E-state index in [1.807, 2.05) is 4.68 Å². The Kier molecular flexibility index (Phi) is 2.57. The molecule has 3 nitrogen and oxygen atoms in total. The third-order valence-electron chi connectivity index (χ3n) is 3.43. The van der Waals surface area contributed by atoms with E-state index in [1.54, 1.807) is 0 Å². The highest BCUT2D eigenvalue weighted by Gasteiger charge is 2.35. The van der Waals surface area contributed by atoms with Gasteiger partial charge in [-0.1, -0.05) is 41.5 Å². The van der Waals surface area contributed by atoms with Gasteiger partial charge in [0.1, 0.15) is 0 Å². The van der Waals surface area contributed by atoms with Crippen LogP contribution in [0.2, 0.25) is 0 Å². The molecule has 0 unspecified atom stereocenters. The summed E-state index contributed by atoms with van der Waals surface area (Å²) in [6.07, 6.45) is 1.09. The number of aromatic nitrogens is 2. The summed E-state index contributed by atoms with van der Waals surface area (Å²) in [5.41, 5.74) is 2.40. The smallest absolute Gasteiger partial charge is 0.270 e. The van der Waals surface area contributed by atoms with Gasteiger partial charge in [0.25, 0.3) is 5.56 Å². The quantitative estimate of drug-likeness (QED) is 0.680. The minimum absolute atomic E-state index is 0.0252. The van der Waals surface area contributed by atoms with Crippen molar-refractivity contribution in [3.05, 3.63) is 21.6 Å². The molecule has 0 saturated heterocycles. The zero-order chi connectivity index (χ0) is 13.0. The van der Waals surface area contributed by atoms with Crippen molar-refractivity contribution in [3.63, 3.8) is 0 Å². The summed E-state index contributed by atoms with van der Waals surface area (Å²) in [5, 5.41) is 0. The molecule has 0 spiro atoms. The number of rotatable bonds is 0. The van der Waals surface area contributed by atoms with Gasteiger partial charge in [-0.15, -0.1) is 0 Å². The fourth-order valence-electron chi connectivity index (χ4n) is 2.85. The summed E-state index contributed by atoms with van der Waals surface area (Å²) in [4.78, 5) is 12.5. The maximum absolute atomic E-state index is 12.5. The van der Waals surface area contributed by atoms with E-state index < -0.39 is 0 Å². The molecular weight excluding hydrogens is 212 g/mol. The summed E-state index contributed by atoms with van der Waals surface area (Å²) < 4.78 is 4.14. The third kappa shape index (κ3) is 1.85. The predicted molar refractivity (Wildman–Crippen MR) is 70.7 cm³/mol. The van der Waals surface area contributed by atoms with Crippen LogP contribution < -0.4 is 5.56 Å². The Bertz CT molecular complexity index is 492. The fourth-order valence-corrected chi connectivity index (χ4v) is 2.85. The van der Waals surface area contributed by atoms with Gasteiger partial charge in [-0.25, -0.2) is 0 Å². The van der Waals surface area contributed by atoms with Crippen LogP contribution in [0.1, 0.15) is 59.2 Å². The average Bonchev–Trinajstić information content (AvgIpc) is 2.63. The minimum atomic E-state index is -0.0793. The summed E-state index contributed by atoms with van der Waals surface area (Å²) in [6, 6.07) is 0. The molecule has 0 N–H and O–H groups in total. The molecule has 96 valence electrons. The Labute approximate surface area is 103 Å². The van der Waals surface area contributed by atoms with E-state index in [0.717, 1.165) is 25.1 Å². The highest BCUT2D eigenvalue weighted by molar-refractivity contribution is 5.32. The van der Waals surface area contributed by atoms with Crippen molar-refractivity contribution < 1.29 is 0 Å². The first kappa shape index (κ1) is 12.5. The SMILES string of the molecule is CC(C)(C)c1c(C(C)(C)C)n2n(c1=O)CCC2. The van der Waals surface area contributed by atoms with Crippen molar-refractivity contribution in [2.75, 3.05) is 0 Å². The Morgan fingerprint density at radius 1 is 0.882 bits per heavy atom. The number of hydrogen-bond acceptors (Lipinski definition) is 1. The monoisotopic (exact) mass is 236 g/mol. The molecule has 0 atom stereocenters. The van der Waals surface area contributed by atoms with E-state index in [4.69, 9.17) is 0 Å². The second-order valence-corrected chi connectivity index (χ2v) is 7.13. The lowest BCUT2D eigenvalue weighted by molar-refractivity contribution is 0.469. The molecule has 1 aliphatic rings. The minimum Gasteiger partial charge on any atom is -0.286 e. The number of nitrogens with zero attached hydrogens (tertiary/aromatic N) is 2. The van der Waals surface area contributed by atoms with Crippen LogP contribution in [0.25, 0.3) is 0 Å². The molecule has 2 rings (SSSR count). The van der Waals surface area contributed by atoms with Crippen LogP contribution >= 0.6 is 0 Å². The molecule has 1 aromatic heterocycles. The van der Waals surface area contributed by atoms with Gasteiger partial charge in [-0.05, 0) is 11.8 Å². The zero-order valence-corrected chi connectivity index (χ0v) is 11.9. The molecule has 0 bridgehead atoms. The van der Waals surface area contributed by atoms with Gasteiger partial charge in [-0.2, -0.15) is 0 Å². The molecule has 0 saturated carbocycles. The van der Waals surface area contributed by atoms with Crippen LogP contribution in [0.15, 0.2) is 4.79 Å². The van der Waals surface area contributed by atoms with E-state index in [9.17, 15) is 4.79 Å². The lowest BCUT2D eigenvalue weighted by Crippen LogP contribution is -2.28. The van der Waals surface area contributed by atoms with E-state index in [-0.39, 0.29) is 16.4 Å². The van der Waals surface area contributed by atoms with E-state index in [1.165, 1.54) is 5.69 Å². The highest BCUT2D eigenvalue weighted by Crippen LogP contribution is 2.33. The molecule has 1 aromatic rings. The zero-order valence-electron chi connectivity index (χ0n) is 11.9. The van der Waals surface area contributed by atoms with Gasteiger partial charge < -0.3 is 0 Å². The molecule has 0 fully saturated rings. The van der Waals surface area contributed by atoms with Crippen molar-refractivity contribution in [3.8, 4) is 0 Å². The second-order valence-electron chi connectivity index (χ2n) is 7.13. The van der Waals surface area contributed by atoms with E-state index >= 15 is 0 Å². The molecule has 0 aromatic carbocycles. The molecular formula is C14H24N2O. The van der Waals surface area contributed by atoms with Crippen molar-refractivity contribution in [1.29, 1.82) is 0 Å². The molecule has 17 heavy (non-hydrogen) atoms. The first-order chi connectivity index (χ1) is 7.64. The number of fused-ring (bicyclic) bond motifs is 1. The second kappa shape index (κ2) is 3.50. The van der Waals surface area contributed by atoms with Crippen LogP contribution in [0, 0.1) is 0 Å². The fraction of sp³-hybridized carbons (Fsp3) is 0.786. The molecule has 3 heteroatoms. The van der Waals surface area contributed by atoms with Gasteiger partial charge >= 0.3 is 0 Å². The van der Waals surface area contributed by atoms with Gasteiger partial charge in [0.2, 0.25) is 0 Å². The van der Waals surface area contributed by atoms with Crippen molar-refractivity contribution in [2.45, 2.75) is 71.9 Å². The van der Waals surface area contributed by atoms with Gasteiger partial charge in [0, 0.05) is 29.8 Å². The third-order valence-corrected chi connectivity index (χ3v) is 3.43. The maximum Gasteiger partial charge on any atom is 0.270 e. The molecule has 2 heterocycles. The van der Waals surface area contributed by atoms with Crippen LogP contribution in [0.4, 0.5) is 0 Å². The summed E-state index contributed by atoms with van der Waals surface area (Å²) in [6.45, 7) is 14.9. The maximum atomic E-state index is 12.5. The van der Waals surface area contributed by atoms with Crippen LogP contribution in [-0.2, 0) is 23.9 Å². The average molecular weight is 236 g/mol. The van der Waals surface area contributed by atoms with E-state index in [2.05, 4.69) is 46.2 Å². The molecule has 0 amide bonds. The molecule has 0 radical (unpaired) electrons. The van der Waals surface area contributed by atoms with Crippen molar-refractivity contribution in [1.82, 2.24) is 9.36 Å². The number of hydrogen-bond donors (Lipinski definition) is 0. The largest absolute Gasteiger partial charge is 0.286 e. The van der Waals surface area contributed by atoms with Crippen molar-refractivity contribution >= 4 is 0 Å². The Morgan fingerprint density at radius 2 is 1.41 bits per heavy atom.